The van der Waals surface area contributed by atoms with E-state index >= 15 is 0 Å². The lowest BCUT2D eigenvalue weighted by Gasteiger charge is -2.15. The summed E-state index contributed by atoms with van der Waals surface area (Å²) in [5, 5.41) is 8.84. The number of thiophene rings is 1. The summed E-state index contributed by atoms with van der Waals surface area (Å²) in [5.41, 5.74) is 3.64. The molecule has 0 aliphatic heterocycles. The molecule has 1 amide bonds. The number of H-pyrrole nitrogens is 2. The first-order valence-electron chi connectivity index (χ1n) is 8.35. The molecule has 7 nitrogen and oxygen atoms in total. The number of fused-ring (bicyclic) bond motifs is 1. The highest BCUT2D eigenvalue weighted by molar-refractivity contribution is 7.17. The maximum Gasteiger partial charge on any atom is 0.272 e. The van der Waals surface area contributed by atoms with Crippen molar-refractivity contribution in [2.75, 3.05) is 7.05 Å². The molecule has 0 aliphatic rings. The zero-order chi connectivity index (χ0) is 19.0. The van der Waals surface area contributed by atoms with Gasteiger partial charge < -0.3 is 9.88 Å². The molecule has 2 N–H and O–H groups in total. The standard InChI is InChI=1S/C19H17N5O2S/c1-11-3-5-12(6-4-11)14-9-15(23-22-14)19(26)24(2)10-16-20-13-7-8-27-17(13)18(25)21-16/h3-9H,10H2,1-2H3,(H,22,23)(H,20,21,25). The maximum atomic E-state index is 12.7. The predicted octanol–water partition coefficient (Wildman–Crippen LogP) is 2.96. The van der Waals surface area contributed by atoms with Crippen molar-refractivity contribution in [2.24, 2.45) is 0 Å². The molecule has 0 fully saturated rings. The Bertz CT molecular complexity index is 1170. The number of aromatic amines is 2. The van der Waals surface area contributed by atoms with E-state index in [4.69, 9.17) is 0 Å². The van der Waals surface area contributed by atoms with Gasteiger partial charge in [0.2, 0.25) is 0 Å². The Morgan fingerprint density at radius 3 is 2.78 bits per heavy atom. The van der Waals surface area contributed by atoms with Crippen molar-refractivity contribution >= 4 is 27.5 Å². The average molecular weight is 379 g/mol. The van der Waals surface area contributed by atoms with Crippen LogP contribution in [0.25, 0.3) is 21.5 Å². The summed E-state index contributed by atoms with van der Waals surface area (Å²) in [6, 6.07) is 11.5. The molecule has 0 aliphatic carbocycles. The summed E-state index contributed by atoms with van der Waals surface area (Å²) in [6.07, 6.45) is 0. The van der Waals surface area contributed by atoms with Crippen molar-refractivity contribution in [2.45, 2.75) is 13.5 Å². The second-order valence-corrected chi connectivity index (χ2v) is 7.26. The van der Waals surface area contributed by atoms with Crippen molar-refractivity contribution in [3.05, 3.63) is 69.2 Å². The largest absolute Gasteiger partial charge is 0.333 e. The van der Waals surface area contributed by atoms with Gasteiger partial charge in [0, 0.05) is 12.6 Å². The first-order valence-corrected chi connectivity index (χ1v) is 9.23. The second kappa shape index (κ2) is 6.81. The summed E-state index contributed by atoms with van der Waals surface area (Å²) in [5.74, 6) is 0.217. The zero-order valence-corrected chi connectivity index (χ0v) is 15.6. The second-order valence-electron chi connectivity index (χ2n) is 6.34. The number of aromatic nitrogens is 4. The monoisotopic (exact) mass is 379 g/mol. The van der Waals surface area contributed by atoms with Gasteiger partial charge in [0.05, 0.1) is 17.8 Å². The van der Waals surface area contributed by atoms with E-state index in [0.717, 1.165) is 11.1 Å². The van der Waals surface area contributed by atoms with Crippen LogP contribution in [-0.4, -0.2) is 38.0 Å². The molecule has 0 atom stereocenters. The summed E-state index contributed by atoms with van der Waals surface area (Å²) < 4.78 is 0.587. The van der Waals surface area contributed by atoms with E-state index in [0.29, 0.717) is 27.4 Å². The fourth-order valence-electron chi connectivity index (χ4n) is 2.80. The van der Waals surface area contributed by atoms with Crippen LogP contribution in [0.3, 0.4) is 0 Å². The van der Waals surface area contributed by atoms with E-state index in [2.05, 4.69) is 20.2 Å². The molecule has 27 heavy (non-hydrogen) atoms. The molecule has 3 aromatic heterocycles. The van der Waals surface area contributed by atoms with Gasteiger partial charge in [-0.25, -0.2) is 4.98 Å². The maximum absolute atomic E-state index is 12.7. The van der Waals surface area contributed by atoms with Gasteiger partial charge in [-0.2, -0.15) is 5.10 Å². The molecule has 0 spiro atoms. The van der Waals surface area contributed by atoms with Crippen molar-refractivity contribution in [1.29, 1.82) is 0 Å². The smallest absolute Gasteiger partial charge is 0.272 e. The number of amides is 1. The highest BCUT2D eigenvalue weighted by Gasteiger charge is 2.17. The van der Waals surface area contributed by atoms with Crippen LogP contribution >= 0.6 is 11.3 Å². The Labute approximate surface area is 158 Å². The number of carbonyl (C=O) groups excluding carboxylic acids is 1. The van der Waals surface area contributed by atoms with E-state index in [1.807, 2.05) is 36.6 Å². The van der Waals surface area contributed by atoms with Crippen LogP contribution in [0, 0.1) is 6.92 Å². The van der Waals surface area contributed by atoms with E-state index in [1.165, 1.54) is 16.2 Å². The molecule has 0 radical (unpaired) electrons. The van der Waals surface area contributed by atoms with Gasteiger partial charge in [0.1, 0.15) is 16.2 Å². The third-order valence-corrected chi connectivity index (χ3v) is 5.16. The number of benzene rings is 1. The third-order valence-electron chi connectivity index (χ3n) is 4.25. The van der Waals surface area contributed by atoms with Crippen LogP contribution in [0.15, 0.2) is 46.6 Å². The predicted molar refractivity (Wildman–Crippen MR) is 105 cm³/mol. The molecule has 0 bridgehead atoms. The van der Waals surface area contributed by atoms with Gasteiger partial charge in [-0.3, -0.25) is 14.7 Å². The summed E-state index contributed by atoms with van der Waals surface area (Å²) in [6.45, 7) is 2.21. The molecule has 0 saturated heterocycles. The molecular weight excluding hydrogens is 362 g/mol. The van der Waals surface area contributed by atoms with Crippen molar-refractivity contribution in [3.63, 3.8) is 0 Å². The lowest BCUT2D eigenvalue weighted by Crippen LogP contribution is -2.28. The van der Waals surface area contributed by atoms with Gasteiger partial charge in [0.15, 0.2) is 0 Å². The lowest BCUT2D eigenvalue weighted by molar-refractivity contribution is 0.0775. The summed E-state index contributed by atoms with van der Waals surface area (Å²) in [4.78, 5) is 33.4. The molecule has 1 aromatic carbocycles. The number of carbonyl (C=O) groups is 1. The SMILES string of the molecule is Cc1ccc(-c2cc(C(=O)N(C)Cc3nc4ccsc4c(=O)[nH]3)[nH]n2)cc1. The molecule has 4 aromatic rings. The van der Waals surface area contributed by atoms with Gasteiger partial charge in [-0.05, 0) is 24.4 Å². The number of rotatable bonds is 4. The van der Waals surface area contributed by atoms with Crippen LogP contribution < -0.4 is 5.56 Å². The molecule has 4 rings (SSSR count). The van der Waals surface area contributed by atoms with Crippen LogP contribution in [0.5, 0.6) is 0 Å². The van der Waals surface area contributed by atoms with Crippen LogP contribution in [0.1, 0.15) is 21.9 Å². The van der Waals surface area contributed by atoms with Gasteiger partial charge in [-0.1, -0.05) is 29.8 Å². The van der Waals surface area contributed by atoms with Crippen molar-refractivity contribution < 1.29 is 4.79 Å². The lowest BCUT2D eigenvalue weighted by atomic mass is 10.1. The van der Waals surface area contributed by atoms with Gasteiger partial charge in [-0.15, -0.1) is 11.3 Å². The molecule has 3 heterocycles. The number of hydrogen-bond acceptors (Lipinski definition) is 5. The number of hydrogen-bond donors (Lipinski definition) is 2. The Morgan fingerprint density at radius 2 is 2.00 bits per heavy atom. The number of nitrogens with zero attached hydrogens (tertiary/aromatic N) is 3. The van der Waals surface area contributed by atoms with E-state index < -0.39 is 0 Å². The van der Waals surface area contributed by atoms with Crippen LogP contribution in [0.4, 0.5) is 0 Å². The Kier molecular flexibility index (Phi) is 4.33. The summed E-state index contributed by atoms with van der Waals surface area (Å²) in [7, 11) is 1.66. The van der Waals surface area contributed by atoms with Gasteiger partial charge in [0.25, 0.3) is 11.5 Å². The van der Waals surface area contributed by atoms with E-state index in [1.54, 1.807) is 19.2 Å². The molecule has 0 unspecified atom stereocenters. The van der Waals surface area contributed by atoms with E-state index in [9.17, 15) is 9.59 Å². The molecule has 136 valence electrons. The highest BCUT2D eigenvalue weighted by Crippen LogP contribution is 2.19. The Balaban J connectivity index is 1.53. The van der Waals surface area contributed by atoms with Crippen molar-refractivity contribution in [3.8, 4) is 11.3 Å². The fraction of sp³-hybridized carbons (Fsp3) is 0.158. The first-order chi connectivity index (χ1) is 13.0. The van der Waals surface area contributed by atoms with Crippen molar-refractivity contribution in [1.82, 2.24) is 25.1 Å². The number of nitrogens with one attached hydrogen (secondary N) is 2. The number of aryl methyl sites for hydroxylation is 1. The fourth-order valence-corrected chi connectivity index (χ4v) is 3.53. The minimum Gasteiger partial charge on any atom is -0.333 e. The third kappa shape index (κ3) is 3.39. The normalized spacial score (nSPS) is 11.0. The van der Waals surface area contributed by atoms with Crippen LogP contribution in [0.2, 0.25) is 0 Å². The van der Waals surface area contributed by atoms with Crippen LogP contribution in [-0.2, 0) is 6.54 Å². The quantitative estimate of drug-likeness (QED) is 0.570. The molecular formula is C19H17N5O2S. The first kappa shape index (κ1) is 17.2. The minimum atomic E-state index is -0.228. The van der Waals surface area contributed by atoms with E-state index in [-0.39, 0.29) is 18.0 Å². The van der Waals surface area contributed by atoms with Gasteiger partial charge >= 0.3 is 0 Å². The minimum absolute atomic E-state index is 0.186. The summed E-state index contributed by atoms with van der Waals surface area (Å²) >= 11 is 1.35. The molecule has 8 heteroatoms. The highest BCUT2D eigenvalue weighted by atomic mass is 32.1. The average Bonchev–Trinajstić information content (AvgIpc) is 3.31. The Morgan fingerprint density at radius 1 is 1.22 bits per heavy atom. The molecule has 0 saturated carbocycles. The zero-order valence-electron chi connectivity index (χ0n) is 14.8. The Hall–Kier alpha value is -3.26. The topological polar surface area (TPSA) is 94.7 Å².